The predicted octanol–water partition coefficient (Wildman–Crippen LogP) is 28.1. The van der Waals surface area contributed by atoms with Crippen LogP contribution in [0.5, 0.6) is 0 Å². The molecule has 14 aromatic carbocycles. The summed E-state index contributed by atoms with van der Waals surface area (Å²) in [7, 11) is 0. The molecule has 0 spiro atoms. The Morgan fingerprint density at radius 1 is 0.264 bits per heavy atom. The van der Waals surface area contributed by atoms with Gasteiger partial charge in [-0.3, -0.25) is 0 Å². The molecule has 14 aromatic rings. The van der Waals surface area contributed by atoms with E-state index in [9.17, 15) is 0 Å². The maximum atomic E-state index is 5.20. The number of nitrogens with zero attached hydrogens (tertiary/aromatic N) is 2. The van der Waals surface area contributed by atoms with Crippen LogP contribution in [-0.2, 0) is 32.5 Å². The van der Waals surface area contributed by atoms with E-state index < -0.39 is 0 Å². The van der Waals surface area contributed by atoms with Gasteiger partial charge in [0.2, 0.25) is 0 Å². The molecule has 0 fully saturated rings. The smallest absolute Gasteiger partial charge is 0.0468 e. The van der Waals surface area contributed by atoms with Crippen molar-refractivity contribution in [2.45, 2.75) is 116 Å². The number of anilines is 6. The quantitative estimate of drug-likeness (QED) is 0.0995. The van der Waals surface area contributed by atoms with Crippen LogP contribution in [0.4, 0.5) is 34.1 Å². The number of fused-ring (bicyclic) bond motifs is 18. The monoisotopic (exact) mass is 1360 g/mol. The van der Waals surface area contributed by atoms with Crippen LogP contribution in [-0.4, -0.2) is 0 Å². The zero-order valence-corrected chi connectivity index (χ0v) is 62.8. The SMILES string of the molecule is C=C(/C=C\C1=CC(C)(C)c2ccccc21)c1c2cc(N(c3ccccc3)c3ccc4c(c3)C(C)(C)c3cc5c(cc3-4)C(C)(C)c3ccccc3-5)ccc2c(-c2ccc3c(c2)C(C)(C)c2ccccc2-3)c2cc(N(c3ccccc3)c3ccc4c(c3)C(C)(C)c3cc5c(cc3-4)C(C)(C)c3ccccc3-5)ccc12. The van der Waals surface area contributed by atoms with Crippen molar-refractivity contribution < 1.29 is 0 Å². The summed E-state index contributed by atoms with van der Waals surface area (Å²) >= 11 is 0. The normalized spacial score (nSPS) is 16.4. The van der Waals surface area contributed by atoms with Crippen molar-refractivity contribution in [3.05, 3.63) is 370 Å². The third kappa shape index (κ3) is 8.97. The molecule has 0 heterocycles. The lowest BCUT2D eigenvalue weighted by atomic mass is 9.79. The van der Waals surface area contributed by atoms with Crippen LogP contribution in [0.1, 0.15) is 155 Å². The lowest BCUT2D eigenvalue weighted by Crippen LogP contribution is -2.17. The van der Waals surface area contributed by atoms with Gasteiger partial charge in [0.05, 0.1) is 0 Å². The van der Waals surface area contributed by atoms with E-state index in [0.717, 1.165) is 66.8 Å². The Hall–Kier alpha value is -11.6. The summed E-state index contributed by atoms with van der Waals surface area (Å²) in [6.45, 7) is 34.0. The predicted molar refractivity (Wildman–Crippen MR) is 450 cm³/mol. The largest absolute Gasteiger partial charge is 0.310 e. The Labute approximate surface area is 625 Å². The van der Waals surface area contributed by atoms with Gasteiger partial charge in [0.1, 0.15) is 0 Å². The van der Waals surface area contributed by atoms with E-state index in [0.29, 0.717) is 0 Å². The van der Waals surface area contributed by atoms with E-state index in [1.54, 1.807) is 0 Å². The van der Waals surface area contributed by atoms with Crippen molar-refractivity contribution >= 4 is 66.8 Å². The van der Waals surface area contributed by atoms with Crippen molar-refractivity contribution in [1.82, 2.24) is 0 Å². The van der Waals surface area contributed by atoms with Gasteiger partial charge >= 0.3 is 0 Å². The van der Waals surface area contributed by atoms with Gasteiger partial charge in [0, 0.05) is 66.6 Å². The summed E-state index contributed by atoms with van der Waals surface area (Å²) in [5.74, 6) is 0. The molecule has 106 heavy (non-hydrogen) atoms. The standard InChI is InChI=1S/C104H86N2/c1-62(40-41-64-61-99(2,3)86-36-24-20-32-71(64)86)97-78-50-45-68(106(66-30-18-15-19-31-66)70-44-49-77-83-60-94-81(58-96(83)104(12,13)92(77)56-70)74-35-23-27-39-89(74)102(94,8)9)54-85(78)98(63-42-47-75-72-33-21-25-37-87(72)100(4,5)90(75)52-63)79-51-46-67(53-84(79)97)105(65-28-16-14-17-29-65)69-43-48-76-82-59-93-80(57-95(82)103(10,11)91(76)55-69)73-34-22-26-38-88(73)101(93,6)7/h14-61H,1H2,2-13H3/b41-40-. The molecule has 0 amide bonds. The third-order valence-corrected chi connectivity index (χ3v) is 26.0. The number of benzene rings is 14. The van der Waals surface area contributed by atoms with Gasteiger partial charge in [-0.1, -0.05) is 278 Å². The van der Waals surface area contributed by atoms with Crippen LogP contribution in [0, 0.1) is 0 Å². The average Bonchev–Trinajstić information content (AvgIpc) is 1.51. The second-order valence-corrected chi connectivity index (χ2v) is 34.1. The third-order valence-electron chi connectivity index (χ3n) is 26.0. The Bertz CT molecular complexity index is 6270. The summed E-state index contributed by atoms with van der Waals surface area (Å²) < 4.78 is 0. The van der Waals surface area contributed by atoms with E-state index in [4.69, 9.17) is 6.58 Å². The Kier molecular flexibility index (Phi) is 13.4. The van der Waals surface area contributed by atoms with Crippen LogP contribution in [0.15, 0.2) is 298 Å². The van der Waals surface area contributed by atoms with E-state index >= 15 is 0 Å². The lowest BCUT2D eigenvalue weighted by Gasteiger charge is -2.30. The van der Waals surface area contributed by atoms with Gasteiger partial charge in [-0.05, 0) is 275 Å². The summed E-state index contributed by atoms with van der Waals surface area (Å²) in [4.78, 5) is 4.99. The van der Waals surface area contributed by atoms with Crippen LogP contribution in [0.25, 0.3) is 99.5 Å². The number of hydrogen-bond acceptors (Lipinski definition) is 2. The Balaban J connectivity index is 0.809. The van der Waals surface area contributed by atoms with Crippen LogP contribution >= 0.6 is 0 Å². The second kappa shape index (κ2) is 22.2. The first-order chi connectivity index (χ1) is 51.0. The molecule has 2 nitrogen and oxygen atoms in total. The van der Waals surface area contributed by atoms with Gasteiger partial charge in [0.15, 0.2) is 0 Å². The van der Waals surface area contributed by atoms with Crippen LogP contribution < -0.4 is 9.80 Å². The van der Waals surface area contributed by atoms with E-state index in [1.807, 2.05) is 0 Å². The Morgan fingerprint density at radius 3 is 1.08 bits per heavy atom. The maximum absolute atomic E-state index is 5.20. The zero-order valence-electron chi connectivity index (χ0n) is 62.8. The fraction of sp³-hybridized carbons (Fsp3) is 0.173. The molecule has 0 radical (unpaired) electrons. The fourth-order valence-electron chi connectivity index (χ4n) is 20.4. The highest BCUT2D eigenvalue weighted by Crippen LogP contribution is 2.61. The highest BCUT2D eigenvalue weighted by atomic mass is 15.1. The molecule has 0 saturated heterocycles. The first-order valence-corrected chi connectivity index (χ1v) is 38.1. The molecule has 0 N–H and O–H groups in total. The first kappa shape index (κ1) is 64.1. The van der Waals surface area contributed by atoms with Gasteiger partial charge < -0.3 is 9.80 Å². The van der Waals surface area contributed by atoms with Gasteiger partial charge in [-0.25, -0.2) is 0 Å². The van der Waals surface area contributed by atoms with E-state index in [2.05, 4.69) is 384 Å². The first-order valence-electron chi connectivity index (χ1n) is 38.1. The summed E-state index contributed by atoms with van der Waals surface area (Å²) in [6.07, 6.45) is 7.06. The van der Waals surface area contributed by atoms with E-state index in [-0.39, 0.29) is 32.5 Å². The second-order valence-electron chi connectivity index (χ2n) is 34.1. The minimum atomic E-state index is -0.270. The van der Waals surface area contributed by atoms with Crippen molar-refractivity contribution in [1.29, 1.82) is 0 Å². The number of rotatable bonds is 10. The van der Waals surface area contributed by atoms with Crippen LogP contribution in [0.2, 0.25) is 0 Å². The summed E-state index contributed by atoms with van der Waals surface area (Å²) in [5.41, 5.74) is 40.8. The van der Waals surface area contributed by atoms with Crippen LogP contribution in [0.3, 0.4) is 0 Å². The molecule has 512 valence electrons. The molecule has 0 bridgehead atoms. The van der Waals surface area contributed by atoms with Gasteiger partial charge in [0.25, 0.3) is 0 Å². The average molecular weight is 1360 g/mol. The number of allylic oxidation sites excluding steroid dienone is 5. The van der Waals surface area contributed by atoms with Crippen molar-refractivity contribution in [2.75, 3.05) is 9.80 Å². The molecule has 0 atom stereocenters. The topological polar surface area (TPSA) is 6.48 Å². The maximum Gasteiger partial charge on any atom is 0.0468 e. The molecule has 20 rings (SSSR count). The molecule has 2 heteroatoms. The molecular formula is C104H86N2. The lowest BCUT2D eigenvalue weighted by molar-refractivity contribution is 0.652. The fourth-order valence-corrected chi connectivity index (χ4v) is 20.4. The molecule has 0 saturated carbocycles. The van der Waals surface area contributed by atoms with Crippen molar-refractivity contribution in [3.8, 4) is 66.8 Å². The Morgan fingerprint density at radius 2 is 0.604 bits per heavy atom. The zero-order chi connectivity index (χ0) is 72.5. The number of para-hydroxylation sites is 2. The van der Waals surface area contributed by atoms with Gasteiger partial charge in [-0.15, -0.1) is 0 Å². The van der Waals surface area contributed by atoms with E-state index in [1.165, 1.54) is 139 Å². The highest BCUT2D eigenvalue weighted by Gasteiger charge is 2.45. The summed E-state index contributed by atoms with van der Waals surface area (Å²) in [5, 5.41) is 4.60. The number of hydrogen-bond donors (Lipinski definition) is 0. The molecule has 0 aliphatic heterocycles. The van der Waals surface area contributed by atoms with Crippen molar-refractivity contribution in [2.24, 2.45) is 0 Å². The molecule has 6 aliphatic rings. The van der Waals surface area contributed by atoms with Crippen molar-refractivity contribution in [3.63, 3.8) is 0 Å². The minimum Gasteiger partial charge on any atom is -0.310 e. The minimum absolute atomic E-state index is 0.106. The molecule has 6 aliphatic carbocycles. The highest BCUT2D eigenvalue weighted by molar-refractivity contribution is 6.21. The van der Waals surface area contributed by atoms with Gasteiger partial charge in [-0.2, -0.15) is 0 Å². The molecule has 0 aromatic heterocycles. The summed E-state index contributed by atoms with van der Waals surface area (Å²) in [6, 6.07) is 105. The molecular weight excluding hydrogens is 1280 g/mol. The molecule has 0 unspecified atom stereocenters.